The van der Waals surface area contributed by atoms with Gasteiger partial charge in [-0.1, -0.05) is 0 Å². The van der Waals surface area contributed by atoms with Gasteiger partial charge in [-0.2, -0.15) is 4.98 Å². The first kappa shape index (κ1) is 8.60. The van der Waals surface area contributed by atoms with Crippen molar-refractivity contribution in [2.75, 3.05) is 13.7 Å². The number of nitrogens with zero attached hydrogens (tertiary/aromatic N) is 4. The number of methoxy groups -OCH3 is 1. The number of ether oxygens (including phenoxy) is 2. The van der Waals surface area contributed by atoms with E-state index in [-0.39, 0.29) is 0 Å². The predicted octanol–water partition coefficient (Wildman–Crippen LogP) is 0.234. The van der Waals surface area contributed by atoms with Crippen LogP contribution in [-0.4, -0.2) is 39.3 Å². The number of hydrogen-bond donors (Lipinski definition) is 0. The van der Waals surface area contributed by atoms with Gasteiger partial charge in [0, 0.05) is 0 Å². The fraction of sp³-hybridized carbons (Fsp3) is 0.444. The Morgan fingerprint density at radius 1 is 1.53 bits per heavy atom. The predicted molar refractivity (Wildman–Crippen MR) is 51.6 cm³/mol. The van der Waals surface area contributed by atoms with Crippen molar-refractivity contribution >= 4 is 11.2 Å². The van der Waals surface area contributed by atoms with Gasteiger partial charge in [-0.25, -0.2) is 9.97 Å². The number of rotatable bonds is 3. The SMILES string of the molecule is COc1ncnc2c1ncn2CC1CO1. The molecule has 0 spiro atoms. The third-order valence-electron chi connectivity index (χ3n) is 2.36. The summed E-state index contributed by atoms with van der Waals surface area (Å²) in [5, 5.41) is 0. The Hall–Kier alpha value is -1.69. The number of aromatic nitrogens is 4. The lowest BCUT2D eigenvalue weighted by Crippen LogP contribution is -2.03. The van der Waals surface area contributed by atoms with Crippen LogP contribution in [0.15, 0.2) is 12.7 Å². The number of epoxide rings is 1. The average Bonchev–Trinajstić information content (AvgIpc) is 2.99. The summed E-state index contributed by atoms with van der Waals surface area (Å²) in [6.45, 7) is 1.61. The molecule has 1 unspecified atom stereocenters. The van der Waals surface area contributed by atoms with Gasteiger partial charge >= 0.3 is 0 Å². The van der Waals surface area contributed by atoms with Crippen LogP contribution < -0.4 is 4.74 Å². The van der Waals surface area contributed by atoms with E-state index < -0.39 is 0 Å². The van der Waals surface area contributed by atoms with E-state index in [2.05, 4.69) is 15.0 Å². The molecule has 0 saturated carbocycles. The Labute approximate surface area is 85.9 Å². The molecule has 1 atom stereocenters. The molecule has 1 aliphatic rings. The van der Waals surface area contributed by atoms with Crippen molar-refractivity contribution in [2.24, 2.45) is 0 Å². The summed E-state index contributed by atoms with van der Waals surface area (Å²) in [5.41, 5.74) is 1.48. The zero-order valence-corrected chi connectivity index (χ0v) is 8.25. The van der Waals surface area contributed by atoms with Crippen molar-refractivity contribution in [1.29, 1.82) is 0 Å². The molecule has 0 amide bonds. The van der Waals surface area contributed by atoms with Crippen LogP contribution in [0.3, 0.4) is 0 Å². The van der Waals surface area contributed by atoms with Crippen LogP contribution in [0.2, 0.25) is 0 Å². The summed E-state index contributed by atoms with van der Waals surface area (Å²) in [5.74, 6) is 0.510. The smallest absolute Gasteiger partial charge is 0.245 e. The summed E-state index contributed by atoms with van der Waals surface area (Å²) < 4.78 is 12.2. The van der Waals surface area contributed by atoms with Gasteiger partial charge in [0.05, 0.1) is 32.7 Å². The monoisotopic (exact) mass is 206 g/mol. The second-order valence-corrected chi connectivity index (χ2v) is 3.41. The van der Waals surface area contributed by atoms with E-state index in [1.165, 1.54) is 6.33 Å². The van der Waals surface area contributed by atoms with E-state index in [4.69, 9.17) is 9.47 Å². The summed E-state index contributed by atoms with van der Waals surface area (Å²) in [6, 6.07) is 0. The van der Waals surface area contributed by atoms with E-state index in [1.54, 1.807) is 13.4 Å². The maximum absolute atomic E-state index is 5.16. The van der Waals surface area contributed by atoms with Gasteiger partial charge in [0.15, 0.2) is 11.2 Å². The van der Waals surface area contributed by atoms with E-state index in [0.29, 0.717) is 17.5 Å². The Kier molecular flexibility index (Phi) is 1.81. The molecule has 0 bridgehead atoms. The Morgan fingerprint density at radius 2 is 2.40 bits per heavy atom. The van der Waals surface area contributed by atoms with Crippen molar-refractivity contribution in [3.8, 4) is 5.88 Å². The van der Waals surface area contributed by atoms with Crippen LogP contribution in [-0.2, 0) is 11.3 Å². The third kappa shape index (κ3) is 1.42. The average molecular weight is 206 g/mol. The van der Waals surface area contributed by atoms with Crippen molar-refractivity contribution in [3.63, 3.8) is 0 Å². The minimum atomic E-state index is 0.309. The van der Waals surface area contributed by atoms with Crippen LogP contribution in [0.25, 0.3) is 11.2 Å². The first-order valence-corrected chi connectivity index (χ1v) is 4.70. The summed E-state index contributed by atoms with van der Waals surface area (Å²) in [4.78, 5) is 12.4. The Morgan fingerprint density at radius 3 is 3.13 bits per heavy atom. The molecule has 6 heteroatoms. The molecule has 0 aliphatic carbocycles. The van der Waals surface area contributed by atoms with Gasteiger partial charge in [-0.15, -0.1) is 0 Å². The summed E-state index contributed by atoms with van der Waals surface area (Å²) in [7, 11) is 1.57. The van der Waals surface area contributed by atoms with E-state index in [0.717, 1.165) is 18.8 Å². The maximum atomic E-state index is 5.16. The molecular formula is C9H10N4O2. The molecule has 0 radical (unpaired) electrons. The van der Waals surface area contributed by atoms with E-state index in [1.807, 2.05) is 4.57 Å². The lowest BCUT2D eigenvalue weighted by molar-refractivity contribution is 0.384. The summed E-state index contributed by atoms with van der Waals surface area (Å²) >= 11 is 0. The van der Waals surface area contributed by atoms with Gasteiger partial charge in [-0.3, -0.25) is 0 Å². The molecule has 1 fully saturated rings. The molecule has 6 nitrogen and oxygen atoms in total. The highest BCUT2D eigenvalue weighted by molar-refractivity contribution is 5.75. The molecular weight excluding hydrogens is 196 g/mol. The molecule has 15 heavy (non-hydrogen) atoms. The third-order valence-corrected chi connectivity index (χ3v) is 2.36. The van der Waals surface area contributed by atoms with Crippen molar-refractivity contribution < 1.29 is 9.47 Å². The zero-order chi connectivity index (χ0) is 10.3. The molecule has 2 aromatic heterocycles. The molecule has 78 valence electrons. The second kappa shape index (κ2) is 3.16. The van der Waals surface area contributed by atoms with Crippen LogP contribution in [0.1, 0.15) is 0 Å². The number of imidazole rings is 1. The molecule has 1 saturated heterocycles. The van der Waals surface area contributed by atoms with Gasteiger partial charge < -0.3 is 14.0 Å². The maximum Gasteiger partial charge on any atom is 0.245 e. The summed E-state index contributed by atoms with van der Waals surface area (Å²) in [6.07, 6.45) is 3.53. The van der Waals surface area contributed by atoms with Crippen LogP contribution >= 0.6 is 0 Å². The van der Waals surface area contributed by atoms with Crippen LogP contribution in [0.4, 0.5) is 0 Å². The van der Waals surface area contributed by atoms with E-state index in [9.17, 15) is 0 Å². The van der Waals surface area contributed by atoms with Crippen molar-refractivity contribution in [3.05, 3.63) is 12.7 Å². The highest BCUT2D eigenvalue weighted by Gasteiger charge is 2.24. The lowest BCUT2D eigenvalue weighted by Gasteiger charge is -2.00. The largest absolute Gasteiger partial charge is 0.479 e. The highest BCUT2D eigenvalue weighted by atomic mass is 16.6. The topological polar surface area (TPSA) is 65.4 Å². The number of fused-ring (bicyclic) bond motifs is 1. The minimum Gasteiger partial charge on any atom is -0.479 e. The van der Waals surface area contributed by atoms with Gasteiger partial charge in [0.25, 0.3) is 0 Å². The lowest BCUT2D eigenvalue weighted by atomic mass is 10.4. The zero-order valence-electron chi connectivity index (χ0n) is 8.25. The normalized spacial score (nSPS) is 19.4. The molecule has 3 rings (SSSR count). The highest BCUT2D eigenvalue weighted by Crippen LogP contribution is 2.21. The van der Waals surface area contributed by atoms with Crippen LogP contribution in [0.5, 0.6) is 5.88 Å². The first-order chi connectivity index (χ1) is 7.38. The Balaban J connectivity index is 2.08. The Bertz CT molecular complexity index is 492. The number of hydrogen-bond acceptors (Lipinski definition) is 5. The second-order valence-electron chi connectivity index (χ2n) is 3.41. The van der Waals surface area contributed by atoms with Gasteiger partial charge in [0.2, 0.25) is 5.88 Å². The van der Waals surface area contributed by atoms with Crippen molar-refractivity contribution in [2.45, 2.75) is 12.6 Å². The quantitative estimate of drug-likeness (QED) is 0.673. The minimum absolute atomic E-state index is 0.309. The molecule has 2 aromatic rings. The standard InChI is InChI=1S/C9H10N4O2/c1-14-9-7-8(10-4-11-9)13(5-12-7)2-6-3-15-6/h4-6H,2-3H2,1H3. The molecule has 3 heterocycles. The molecule has 1 aliphatic heterocycles. The fourth-order valence-corrected chi connectivity index (χ4v) is 1.53. The van der Waals surface area contributed by atoms with Gasteiger partial charge in [0.1, 0.15) is 6.33 Å². The molecule has 0 N–H and O–H groups in total. The first-order valence-electron chi connectivity index (χ1n) is 4.70. The van der Waals surface area contributed by atoms with Gasteiger partial charge in [-0.05, 0) is 0 Å². The van der Waals surface area contributed by atoms with Crippen molar-refractivity contribution in [1.82, 2.24) is 19.5 Å². The van der Waals surface area contributed by atoms with Crippen LogP contribution in [0, 0.1) is 0 Å². The molecule has 0 aromatic carbocycles. The fourth-order valence-electron chi connectivity index (χ4n) is 1.53. The van der Waals surface area contributed by atoms with E-state index >= 15 is 0 Å².